The van der Waals surface area contributed by atoms with Gasteiger partial charge < -0.3 is 14.1 Å². The molecule has 9 nitrogen and oxygen atoms in total. The summed E-state index contributed by atoms with van der Waals surface area (Å²) in [4.78, 5) is 54.6. The first kappa shape index (κ1) is 20.8. The zero-order chi connectivity index (χ0) is 22.0. The zero-order valence-electron chi connectivity index (χ0n) is 17.2. The topological polar surface area (TPSA) is 100 Å². The predicted octanol–water partition coefficient (Wildman–Crippen LogP) is 1.55. The van der Waals surface area contributed by atoms with Gasteiger partial charge >= 0.3 is 5.97 Å². The van der Waals surface area contributed by atoms with E-state index in [0.29, 0.717) is 37.4 Å². The van der Waals surface area contributed by atoms with Gasteiger partial charge in [0.15, 0.2) is 5.76 Å². The number of esters is 1. The van der Waals surface area contributed by atoms with E-state index < -0.39 is 12.0 Å². The van der Waals surface area contributed by atoms with Crippen LogP contribution in [0.1, 0.15) is 34.3 Å². The Labute approximate surface area is 179 Å². The summed E-state index contributed by atoms with van der Waals surface area (Å²) in [5.74, 6) is -0.916. The molecule has 4 rings (SSSR count). The minimum absolute atomic E-state index is 0.0879. The van der Waals surface area contributed by atoms with E-state index >= 15 is 0 Å². The molecule has 3 heterocycles. The molecule has 2 aliphatic rings. The number of hydrogen-bond donors (Lipinski definition) is 0. The van der Waals surface area contributed by atoms with Crippen molar-refractivity contribution in [3.8, 4) is 0 Å². The van der Waals surface area contributed by atoms with Crippen LogP contribution in [0.4, 0.5) is 5.69 Å². The number of carbonyl (C=O) groups excluding carboxylic acids is 4. The van der Waals surface area contributed by atoms with Gasteiger partial charge in [-0.05, 0) is 43.3 Å². The van der Waals surface area contributed by atoms with Crippen molar-refractivity contribution in [2.24, 2.45) is 0 Å². The molecule has 162 valence electrons. The van der Waals surface area contributed by atoms with Crippen molar-refractivity contribution in [3.05, 3.63) is 54.0 Å². The summed E-state index contributed by atoms with van der Waals surface area (Å²) >= 11 is 0. The highest BCUT2D eigenvalue weighted by molar-refractivity contribution is 6.22. The first-order valence-corrected chi connectivity index (χ1v) is 10.2. The number of rotatable bonds is 5. The van der Waals surface area contributed by atoms with Crippen LogP contribution in [0.25, 0.3) is 0 Å². The van der Waals surface area contributed by atoms with Crippen LogP contribution in [0.2, 0.25) is 0 Å². The summed E-state index contributed by atoms with van der Waals surface area (Å²) in [6.07, 6.45) is 1.55. The minimum Gasteiger partial charge on any atom is -0.462 e. The molecule has 9 heteroatoms. The lowest BCUT2D eigenvalue weighted by molar-refractivity contribution is -0.123. The van der Waals surface area contributed by atoms with E-state index in [2.05, 4.69) is 0 Å². The van der Waals surface area contributed by atoms with Gasteiger partial charge in [-0.15, -0.1) is 0 Å². The highest BCUT2D eigenvalue weighted by Crippen LogP contribution is 2.27. The van der Waals surface area contributed by atoms with Gasteiger partial charge in [-0.25, -0.2) is 9.69 Å². The monoisotopic (exact) mass is 425 g/mol. The summed E-state index contributed by atoms with van der Waals surface area (Å²) < 4.78 is 10.1. The second-order valence-corrected chi connectivity index (χ2v) is 7.36. The number of carbonyl (C=O) groups is 4. The first-order chi connectivity index (χ1) is 15.0. The van der Waals surface area contributed by atoms with Crippen molar-refractivity contribution in [3.63, 3.8) is 0 Å². The van der Waals surface area contributed by atoms with Crippen LogP contribution in [-0.2, 0) is 14.3 Å². The van der Waals surface area contributed by atoms with Crippen LogP contribution in [-0.4, -0.2) is 72.3 Å². The Morgan fingerprint density at radius 3 is 2.39 bits per heavy atom. The number of amides is 3. The van der Waals surface area contributed by atoms with E-state index in [1.807, 2.05) is 4.90 Å². The van der Waals surface area contributed by atoms with Gasteiger partial charge in [0.05, 0.1) is 36.6 Å². The summed E-state index contributed by atoms with van der Waals surface area (Å²) in [6, 6.07) is 8.96. The molecule has 31 heavy (non-hydrogen) atoms. The molecule has 2 saturated heterocycles. The average Bonchev–Trinajstić information content (AvgIpc) is 3.42. The number of ether oxygens (including phenoxy) is 1. The molecular weight excluding hydrogens is 402 g/mol. The van der Waals surface area contributed by atoms with Gasteiger partial charge in [0.2, 0.25) is 5.91 Å². The molecule has 0 aliphatic carbocycles. The smallest absolute Gasteiger partial charge is 0.338 e. The molecule has 0 spiro atoms. The average molecular weight is 425 g/mol. The lowest BCUT2D eigenvalue weighted by Gasteiger charge is -2.36. The van der Waals surface area contributed by atoms with Crippen molar-refractivity contribution in [2.75, 3.05) is 37.7 Å². The Hall–Kier alpha value is -3.46. The molecule has 0 unspecified atom stereocenters. The number of furan rings is 1. The van der Waals surface area contributed by atoms with E-state index in [9.17, 15) is 19.2 Å². The molecule has 2 fully saturated rings. The standard InChI is InChI=1S/C22H23N3O6/c1-2-30-22(29)15-5-7-16(8-6-15)25-19(26)14-17(20(25)27)23-9-11-24(12-10-23)21(28)18-4-3-13-31-18/h3-8,13,17H,2,9-12,14H2,1H3/t17-/m0/s1. The predicted molar refractivity (Wildman–Crippen MR) is 109 cm³/mol. The highest BCUT2D eigenvalue weighted by Gasteiger charge is 2.43. The second kappa shape index (κ2) is 8.73. The number of imide groups is 1. The lowest BCUT2D eigenvalue weighted by atomic mass is 10.1. The quantitative estimate of drug-likeness (QED) is 0.529. The second-order valence-electron chi connectivity index (χ2n) is 7.36. The van der Waals surface area contributed by atoms with E-state index in [-0.39, 0.29) is 36.5 Å². The molecule has 0 N–H and O–H groups in total. The molecular formula is C22H23N3O6. The summed E-state index contributed by atoms with van der Waals surface area (Å²) in [5, 5.41) is 0. The van der Waals surface area contributed by atoms with Crippen LogP contribution in [0.3, 0.4) is 0 Å². The summed E-state index contributed by atoms with van der Waals surface area (Å²) in [6.45, 7) is 3.88. The third kappa shape index (κ3) is 4.09. The molecule has 0 radical (unpaired) electrons. The maximum atomic E-state index is 13.0. The number of benzene rings is 1. The van der Waals surface area contributed by atoms with E-state index in [4.69, 9.17) is 9.15 Å². The Kier molecular flexibility index (Phi) is 5.85. The normalized spacial score (nSPS) is 19.7. The van der Waals surface area contributed by atoms with Gasteiger partial charge in [-0.2, -0.15) is 0 Å². The van der Waals surface area contributed by atoms with Crippen LogP contribution >= 0.6 is 0 Å². The number of hydrogen-bond acceptors (Lipinski definition) is 7. The van der Waals surface area contributed by atoms with E-state index in [1.54, 1.807) is 48.2 Å². The Balaban J connectivity index is 1.40. The maximum Gasteiger partial charge on any atom is 0.338 e. The van der Waals surface area contributed by atoms with Gasteiger partial charge in [-0.1, -0.05) is 0 Å². The minimum atomic E-state index is -0.557. The number of nitrogens with zero attached hydrogens (tertiary/aromatic N) is 3. The maximum absolute atomic E-state index is 13.0. The summed E-state index contributed by atoms with van der Waals surface area (Å²) in [5.41, 5.74) is 0.788. The number of anilines is 1. The molecule has 0 bridgehead atoms. The Bertz CT molecular complexity index is 977. The van der Waals surface area contributed by atoms with Crippen LogP contribution in [0, 0.1) is 0 Å². The highest BCUT2D eigenvalue weighted by atomic mass is 16.5. The van der Waals surface area contributed by atoms with Crippen molar-refractivity contribution in [1.82, 2.24) is 9.80 Å². The third-order valence-corrected chi connectivity index (χ3v) is 5.53. The summed E-state index contributed by atoms with van der Waals surface area (Å²) in [7, 11) is 0. The lowest BCUT2D eigenvalue weighted by Crippen LogP contribution is -2.53. The van der Waals surface area contributed by atoms with Crippen molar-refractivity contribution in [2.45, 2.75) is 19.4 Å². The van der Waals surface area contributed by atoms with Crippen LogP contribution < -0.4 is 4.90 Å². The fourth-order valence-electron chi connectivity index (χ4n) is 3.93. The fourth-order valence-corrected chi connectivity index (χ4v) is 3.93. The molecule has 2 aliphatic heterocycles. The molecule has 1 atom stereocenters. The van der Waals surface area contributed by atoms with E-state index in [0.717, 1.165) is 0 Å². The Morgan fingerprint density at radius 2 is 1.77 bits per heavy atom. The largest absolute Gasteiger partial charge is 0.462 e. The van der Waals surface area contributed by atoms with Crippen molar-refractivity contribution in [1.29, 1.82) is 0 Å². The third-order valence-electron chi connectivity index (χ3n) is 5.53. The Morgan fingerprint density at radius 1 is 1.06 bits per heavy atom. The number of piperazine rings is 1. The van der Waals surface area contributed by atoms with Gasteiger partial charge in [0.1, 0.15) is 0 Å². The van der Waals surface area contributed by atoms with Crippen LogP contribution in [0.5, 0.6) is 0 Å². The van der Waals surface area contributed by atoms with Gasteiger partial charge in [0.25, 0.3) is 11.8 Å². The van der Waals surface area contributed by atoms with Gasteiger partial charge in [-0.3, -0.25) is 19.3 Å². The van der Waals surface area contributed by atoms with E-state index in [1.165, 1.54) is 11.2 Å². The SMILES string of the molecule is CCOC(=O)c1ccc(N2C(=O)C[C@H](N3CCN(C(=O)c4ccco4)CC3)C2=O)cc1. The molecule has 3 amide bonds. The van der Waals surface area contributed by atoms with Crippen molar-refractivity contribution < 1.29 is 28.3 Å². The first-order valence-electron chi connectivity index (χ1n) is 10.2. The molecule has 2 aromatic rings. The van der Waals surface area contributed by atoms with Crippen molar-refractivity contribution >= 4 is 29.4 Å². The molecule has 1 aromatic carbocycles. The zero-order valence-corrected chi connectivity index (χ0v) is 17.2. The van der Waals surface area contributed by atoms with Crippen LogP contribution in [0.15, 0.2) is 47.1 Å². The molecule has 0 saturated carbocycles. The van der Waals surface area contributed by atoms with Gasteiger partial charge in [0, 0.05) is 26.2 Å². The fraction of sp³-hybridized carbons (Fsp3) is 0.364. The molecule has 1 aromatic heterocycles.